The minimum Gasteiger partial charge on any atom is -0.493 e. The van der Waals surface area contributed by atoms with Crippen LogP contribution in [0, 0.1) is 0 Å². The molecule has 0 saturated heterocycles. The number of hydrogen-bond donors (Lipinski definition) is 2. The van der Waals surface area contributed by atoms with E-state index in [1.54, 1.807) is 14.2 Å². The number of guanidine groups is 1. The van der Waals surface area contributed by atoms with Gasteiger partial charge in [0.2, 0.25) is 5.91 Å². The molecule has 7 nitrogen and oxygen atoms in total. The van der Waals surface area contributed by atoms with Crippen molar-refractivity contribution >= 4 is 17.6 Å². The number of methoxy groups -OCH3 is 2. The molecule has 1 amide bonds. The molecule has 0 atom stereocenters. The van der Waals surface area contributed by atoms with Crippen molar-refractivity contribution in [3.63, 3.8) is 0 Å². The first kappa shape index (κ1) is 20.6. The van der Waals surface area contributed by atoms with Crippen LogP contribution in [0.5, 0.6) is 11.5 Å². The first-order valence-electron chi connectivity index (χ1n) is 8.64. The Kier molecular flexibility index (Phi) is 9.21. The average molecular weight is 350 g/mol. The highest BCUT2D eigenvalue weighted by atomic mass is 16.5. The van der Waals surface area contributed by atoms with E-state index >= 15 is 0 Å². The summed E-state index contributed by atoms with van der Waals surface area (Å²) in [4.78, 5) is 18.3. The highest BCUT2D eigenvalue weighted by Crippen LogP contribution is 2.29. The summed E-state index contributed by atoms with van der Waals surface area (Å²) in [5.74, 6) is 2.05. The van der Waals surface area contributed by atoms with Crippen LogP contribution < -0.4 is 20.1 Å². The number of aliphatic imine (C=N–C) groups is 1. The standard InChI is InChI=1S/C18H30N4O3/c1-6-19-18(20-12-11-17(23)22(7-2)8-3)21-14-9-10-15(24-4)16(13-14)25-5/h9-10,13H,6-8,11-12H2,1-5H3,(H2,19,20,21). The molecule has 7 heteroatoms. The summed E-state index contributed by atoms with van der Waals surface area (Å²) in [6.45, 7) is 8.56. The van der Waals surface area contributed by atoms with Gasteiger partial charge in [0.05, 0.1) is 20.8 Å². The van der Waals surface area contributed by atoms with Gasteiger partial charge in [-0.15, -0.1) is 0 Å². The molecule has 1 aromatic rings. The smallest absolute Gasteiger partial charge is 0.224 e. The SMILES string of the molecule is CCNC(=NCCC(=O)N(CC)CC)Nc1ccc(OC)c(OC)c1. The molecule has 2 N–H and O–H groups in total. The largest absolute Gasteiger partial charge is 0.493 e. The molecule has 0 saturated carbocycles. The van der Waals surface area contributed by atoms with E-state index in [0.717, 1.165) is 25.3 Å². The first-order valence-corrected chi connectivity index (χ1v) is 8.64. The van der Waals surface area contributed by atoms with Gasteiger partial charge in [-0.1, -0.05) is 0 Å². The number of benzene rings is 1. The zero-order chi connectivity index (χ0) is 18.7. The molecule has 0 bridgehead atoms. The lowest BCUT2D eigenvalue weighted by Gasteiger charge is -2.18. The molecule has 1 rings (SSSR count). The van der Waals surface area contributed by atoms with Crippen molar-refractivity contribution in [1.29, 1.82) is 0 Å². The molecule has 140 valence electrons. The molecule has 0 unspecified atom stereocenters. The van der Waals surface area contributed by atoms with Crippen molar-refractivity contribution in [2.75, 3.05) is 45.7 Å². The number of nitrogens with one attached hydrogen (secondary N) is 2. The number of ether oxygens (including phenoxy) is 2. The fourth-order valence-corrected chi connectivity index (χ4v) is 2.36. The van der Waals surface area contributed by atoms with Crippen molar-refractivity contribution < 1.29 is 14.3 Å². The quantitative estimate of drug-likeness (QED) is 0.528. The predicted molar refractivity (Wildman–Crippen MR) is 102 cm³/mol. The van der Waals surface area contributed by atoms with Gasteiger partial charge in [-0.2, -0.15) is 0 Å². The maximum Gasteiger partial charge on any atom is 0.224 e. The van der Waals surface area contributed by atoms with Gasteiger partial charge in [-0.25, -0.2) is 0 Å². The second-order valence-corrected chi connectivity index (χ2v) is 5.27. The summed E-state index contributed by atoms with van der Waals surface area (Å²) in [6, 6.07) is 5.55. The summed E-state index contributed by atoms with van der Waals surface area (Å²) in [6.07, 6.45) is 0.393. The van der Waals surface area contributed by atoms with Crippen LogP contribution in [0.15, 0.2) is 23.2 Å². The Morgan fingerprint density at radius 3 is 2.36 bits per heavy atom. The summed E-state index contributed by atoms with van der Waals surface area (Å²) in [5.41, 5.74) is 0.826. The van der Waals surface area contributed by atoms with Crippen LogP contribution in [0.25, 0.3) is 0 Å². The van der Waals surface area contributed by atoms with Gasteiger partial charge in [0.25, 0.3) is 0 Å². The molecule has 0 spiro atoms. The number of carbonyl (C=O) groups is 1. The van der Waals surface area contributed by atoms with E-state index in [9.17, 15) is 4.79 Å². The maximum atomic E-state index is 12.0. The minimum atomic E-state index is 0.121. The molecule has 0 aromatic heterocycles. The third-order valence-corrected chi connectivity index (χ3v) is 3.70. The maximum absolute atomic E-state index is 12.0. The number of anilines is 1. The van der Waals surface area contributed by atoms with E-state index in [4.69, 9.17) is 9.47 Å². The van der Waals surface area contributed by atoms with E-state index in [0.29, 0.717) is 30.4 Å². The van der Waals surface area contributed by atoms with Crippen LogP contribution in [0.2, 0.25) is 0 Å². The number of hydrogen-bond acceptors (Lipinski definition) is 4. The zero-order valence-electron chi connectivity index (χ0n) is 15.9. The van der Waals surface area contributed by atoms with E-state index in [2.05, 4.69) is 15.6 Å². The predicted octanol–water partition coefficient (Wildman–Crippen LogP) is 2.34. The summed E-state index contributed by atoms with van der Waals surface area (Å²) < 4.78 is 10.5. The Bertz CT molecular complexity index is 571. The Morgan fingerprint density at radius 2 is 1.80 bits per heavy atom. The monoisotopic (exact) mass is 350 g/mol. The molecule has 0 aliphatic rings. The minimum absolute atomic E-state index is 0.121. The summed E-state index contributed by atoms with van der Waals surface area (Å²) in [7, 11) is 3.20. The fraction of sp³-hybridized carbons (Fsp3) is 0.556. The van der Waals surface area contributed by atoms with Crippen LogP contribution in [-0.4, -0.2) is 57.2 Å². The van der Waals surface area contributed by atoms with Crippen molar-refractivity contribution in [1.82, 2.24) is 10.2 Å². The number of rotatable bonds is 9. The Labute approximate surface area is 150 Å². The molecule has 25 heavy (non-hydrogen) atoms. The molecule has 1 aromatic carbocycles. The van der Waals surface area contributed by atoms with Crippen LogP contribution >= 0.6 is 0 Å². The van der Waals surface area contributed by atoms with Crippen LogP contribution in [0.1, 0.15) is 27.2 Å². The van der Waals surface area contributed by atoms with Gasteiger partial charge < -0.3 is 25.0 Å². The topological polar surface area (TPSA) is 75.2 Å². The van der Waals surface area contributed by atoms with Gasteiger partial charge in [-0.05, 0) is 32.9 Å². The van der Waals surface area contributed by atoms with E-state index in [-0.39, 0.29) is 5.91 Å². The third kappa shape index (κ3) is 6.52. The number of carbonyl (C=O) groups excluding carboxylic acids is 1. The van der Waals surface area contributed by atoms with Crippen LogP contribution in [-0.2, 0) is 4.79 Å². The Hall–Kier alpha value is -2.44. The van der Waals surface area contributed by atoms with Gasteiger partial charge in [-0.3, -0.25) is 9.79 Å². The van der Waals surface area contributed by atoms with Gasteiger partial charge >= 0.3 is 0 Å². The van der Waals surface area contributed by atoms with E-state index in [1.165, 1.54) is 0 Å². The van der Waals surface area contributed by atoms with Gasteiger partial charge in [0, 0.05) is 37.8 Å². The Morgan fingerprint density at radius 1 is 1.12 bits per heavy atom. The lowest BCUT2D eigenvalue weighted by atomic mass is 10.2. The highest BCUT2D eigenvalue weighted by molar-refractivity contribution is 5.94. The van der Waals surface area contributed by atoms with Crippen molar-refractivity contribution in [3.8, 4) is 11.5 Å². The number of amides is 1. The average Bonchev–Trinajstić information content (AvgIpc) is 2.62. The van der Waals surface area contributed by atoms with Crippen molar-refractivity contribution in [3.05, 3.63) is 18.2 Å². The van der Waals surface area contributed by atoms with Gasteiger partial charge in [0.1, 0.15) is 0 Å². The number of nitrogens with zero attached hydrogens (tertiary/aromatic N) is 2. The highest BCUT2D eigenvalue weighted by Gasteiger charge is 2.09. The van der Waals surface area contributed by atoms with Crippen LogP contribution in [0.4, 0.5) is 5.69 Å². The molecule has 0 heterocycles. The van der Waals surface area contributed by atoms with Crippen molar-refractivity contribution in [2.24, 2.45) is 4.99 Å². The van der Waals surface area contributed by atoms with Crippen LogP contribution in [0.3, 0.4) is 0 Å². The third-order valence-electron chi connectivity index (χ3n) is 3.70. The second kappa shape index (κ2) is 11.2. The fourth-order valence-electron chi connectivity index (χ4n) is 2.36. The lowest BCUT2D eigenvalue weighted by Crippen LogP contribution is -2.32. The molecule has 0 aliphatic carbocycles. The molecule has 0 fully saturated rings. The van der Waals surface area contributed by atoms with Crippen molar-refractivity contribution in [2.45, 2.75) is 27.2 Å². The van der Waals surface area contributed by atoms with E-state index < -0.39 is 0 Å². The Balaban J connectivity index is 2.74. The molecular weight excluding hydrogens is 320 g/mol. The zero-order valence-corrected chi connectivity index (χ0v) is 15.9. The second-order valence-electron chi connectivity index (χ2n) is 5.27. The first-order chi connectivity index (χ1) is 12.1. The molecule has 0 radical (unpaired) electrons. The van der Waals surface area contributed by atoms with Gasteiger partial charge in [0.15, 0.2) is 17.5 Å². The summed E-state index contributed by atoms with van der Waals surface area (Å²) >= 11 is 0. The normalized spacial score (nSPS) is 11.0. The molecule has 0 aliphatic heterocycles. The lowest BCUT2D eigenvalue weighted by molar-refractivity contribution is -0.130. The molecular formula is C18H30N4O3. The van der Waals surface area contributed by atoms with E-state index in [1.807, 2.05) is 43.9 Å². The summed E-state index contributed by atoms with van der Waals surface area (Å²) in [5, 5.41) is 6.39.